The maximum Gasteiger partial charge on any atom is 0.337 e. The van der Waals surface area contributed by atoms with Crippen LogP contribution in [0, 0.1) is 5.92 Å². The van der Waals surface area contributed by atoms with Crippen molar-refractivity contribution in [2.45, 2.75) is 33.2 Å². The lowest BCUT2D eigenvalue weighted by molar-refractivity contribution is -0.129. The molecule has 3 rings (SSSR count). The number of amides is 2. The maximum absolute atomic E-state index is 12.4. The molecule has 11 heteroatoms. The monoisotopic (exact) mass is 481 g/mol. The predicted molar refractivity (Wildman–Crippen MR) is 121 cm³/mol. The van der Waals surface area contributed by atoms with Crippen molar-refractivity contribution in [3.63, 3.8) is 0 Å². The van der Waals surface area contributed by atoms with Crippen LogP contribution in [-0.2, 0) is 30.7 Å². The summed E-state index contributed by atoms with van der Waals surface area (Å²) >= 11 is 1.18. The number of aryl methyl sites for hydroxylation is 1. The van der Waals surface area contributed by atoms with Crippen LogP contribution in [-0.4, -0.2) is 67.4 Å². The Labute approximate surface area is 190 Å². The van der Waals surface area contributed by atoms with Crippen LogP contribution in [0.25, 0.3) is 10.2 Å². The van der Waals surface area contributed by atoms with Gasteiger partial charge in [-0.2, -0.15) is 4.99 Å². The summed E-state index contributed by atoms with van der Waals surface area (Å²) in [5.74, 6) is -2.76. The molecule has 0 spiro atoms. The van der Waals surface area contributed by atoms with Gasteiger partial charge in [0, 0.05) is 19.6 Å². The zero-order valence-corrected chi connectivity index (χ0v) is 20.0. The summed E-state index contributed by atoms with van der Waals surface area (Å²) in [6.45, 7) is 5.56. The number of rotatable bonds is 6. The van der Waals surface area contributed by atoms with E-state index in [1.807, 2.05) is 6.92 Å². The normalized spacial score (nSPS) is 15.8. The molecule has 1 aliphatic heterocycles. The number of esters is 1. The first-order valence-electron chi connectivity index (χ1n) is 10.4. The van der Waals surface area contributed by atoms with E-state index < -0.39 is 39.1 Å². The average molecular weight is 482 g/mol. The summed E-state index contributed by atoms with van der Waals surface area (Å²) in [6, 6.07) is 5.01. The molecule has 2 aromatic rings. The Balaban J connectivity index is 1.78. The van der Waals surface area contributed by atoms with Gasteiger partial charge in [-0.1, -0.05) is 18.3 Å². The number of likely N-dealkylation sites (tertiary alicyclic amines) is 1. The van der Waals surface area contributed by atoms with E-state index >= 15 is 0 Å². The van der Waals surface area contributed by atoms with Crippen molar-refractivity contribution in [2.75, 3.05) is 31.7 Å². The van der Waals surface area contributed by atoms with Crippen LogP contribution in [0.4, 0.5) is 0 Å². The largest absolute Gasteiger partial charge is 0.465 e. The van der Waals surface area contributed by atoms with Crippen LogP contribution < -0.4 is 4.80 Å². The van der Waals surface area contributed by atoms with Gasteiger partial charge in [-0.05, 0) is 43.9 Å². The number of benzene rings is 1. The fourth-order valence-electron chi connectivity index (χ4n) is 3.62. The molecule has 0 saturated carbocycles. The molecule has 2 heterocycles. The number of nitrogens with zero attached hydrogens (tertiary/aromatic N) is 3. The number of carbonyl (C=O) groups is 3. The van der Waals surface area contributed by atoms with Crippen molar-refractivity contribution in [1.29, 1.82) is 0 Å². The molecule has 1 saturated heterocycles. The minimum Gasteiger partial charge on any atom is -0.465 e. The summed E-state index contributed by atoms with van der Waals surface area (Å²) in [4.78, 5) is 42.5. The highest BCUT2D eigenvalue weighted by Crippen LogP contribution is 2.20. The molecular formula is C21H27N3O6S2. The van der Waals surface area contributed by atoms with Crippen LogP contribution in [0.2, 0.25) is 0 Å². The third-order valence-corrected chi connectivity index (χ3v) is 7.88. The number of piperidine rings is 1. The molecule has 1 fully saturated rings. The van der Waals surface area contributed by atoms with Gasteiger partial charge in [-0.25, -0.2) is 13.2 Å². The summed E-state index contributed by atoms with van der Waals surface area (Å²) < 4.78 is 32.1. The van der Waals surface area contributed by atoms with E-state index in [1.165, 1.54) is 18.4 Å². The van der Waals surface area contributed by atoms with Gasteiger partial charge in [-0.3, -0.25) is 9.59 Å². The Hall–Kier alpha value is -2.53. The first-order valence-corrected chi connectivity index (χ1v) is 13.0. The van der Waals surface area contributed by atoms with Crippen molar-refractivity contribution in [1.82, 2.24) is 9.47 Å². The standard InChI is InChI=1S/C21H27N3O6S2/c1-4-24-16-6-5-15(20(27)30-3)11-17(16)31-21(24)22-18(25)12-32(28,29)13-19(26)23-9-7-14(2)8-10-23/h5-6,11,14H,4,7-10,12-13H2,1-3H3. The smallest absolute Gasteiger partial charge is 0.337 e. The number of aromatic nitrogens is 1. The minimum atomic E-state index is -3.93. The molecule has 0 bridgehead atoms. The number of hydrogen-bond donors (Lipinski definition) is 0. The number of methoxy groups -OCH3 is 1. The van der Waals surface area contributed by atoms with Crippen molar-refractivity contribution in [3.05, 3.63) is 28.6 Å². The first kappa shape index (κ1) is 24.1. The van der Waals surface area contributed by atoms with E-state index in [0.717, 1.165) is 23.1 Å². The molecule has 0 unspecified atom stereocenters. The van der Waals surface area contributed by atoms with Gasteiger partial charge in [0.1, 0.15) is 11.5 Å². The van der Waals surface area contributed by atoms with Gasteiger partial charge in [0.2, 0.25) is 5.91 Å². The second kappa shape index (κ2) is 9.95. The topological polar surface area (TPSA) is 115 Å². The minimum absolute atomic E-state index is 0.334. The Morgan fingerprint density at radius 2 is 1.88 bits per heavy atom. The van der Waals surface area contributed by atoms with Crippen LogP contribution >= 0.6 is 11.3 Å². The van der Waals surface area contributed by atoms with Gasteiger partial charge in [0.05, 0.1) is 22.9 Å². The number of hydrogen-bond acceptors (Lipinski definition) is 7. The quantitative estimate of drug-likeness (QED) is 0.579. The molecule has 174 valence electrons. The predicted octanol–water partition coefficient (Wildman–Crippen LogP) is 1.61. The van der Waals surface area contributed by atoms with Gasteiger partial charge in [0.15, 0.2) is 14.6 Å². The van der Waals surface area contributed by atoms with Crippen molar-refractivity contribution in [2.24, 2.45) is 10.9 Å². The second-order valence-corrected chi connectivity index (χ2v) is 11.0. The number of ether oxygens (including phenoxy) is 1. The molecule has 0 aliphatic carbocycles. The summed E-state index contributed by atoms with van der Waals surface area (Å²) in [7, 11) is -2.64. The van der Waals surface area contributed by atoms with E-state index in [1.54, 1.807) is 27.7 Å². The lowest BCUT2D eigenvalue weighted by Crippen LogP contribution is -2.41. The third-order valence-electron chi connectivity index (χ3n) is 5.46. The van der Waals surface area contributed by atoms with Gasteiger partial charge in [0.25, 0.3) is 5.91 Å². The van der Waals surface area contributed by atoms with E-state index in [2.05, 4.69) is 11.9 Å². The van der Waals surface area contributed by atoms with E-state index in [0.29, 0.717) is 35.9 Å². The van der Waals surface area contributed by atoms with E-state index in [-0.39, 0.29) is 0 Å². The lowest BCUT2D eigenvalue weighted by atomic mass is 9.99. The summed E-state index contributed by atoms with van der Waals surface area (Å²) in [5, 5.41) is 0. The summed E-state index contributed by atoms with van der Waals surface area (Å²) in [6.07, 6.45) is 1.70. The van der Waals surface area contributed by atoms with E-state index in [4.69, 9.17) is 4.74 Å². The number of fused-ring (bicyclic) bond motifs is 1. The van der Waals surface area contributed by atoms with Crippen LogP contribution in [0.15, 0.2) is 23.2 Å². The summed E-state index contributed by atoms with van der Waals surface area (Å²) in [5.41, 5.74) is 1.14. The fraction of sp³-hybridized carbons (Fsp3) is 0.524. The van der Waals surface area contributed by atoms with Gasteiger partial charge >= 0.3 is 5.97 Å². The van der Waals surface area contributed by atoms with Crippen molar-refractivity contribution >= 4 is 49.2 Å². The van der Waals surface area contributed by atoms with Crippen LogP contribution in [0.5, 0.6) is 0 Å². The molecule has 1 aromatic carbocycles. The maximum atomic E-state index is 12.4. The van der Waals surface area contributed by atoms with E-state index in [9.17, 15) is 22.8 Å². The highest BCUT2D eigenvalue weighted by atomic mass is 32.2. The molecular weight excluding hydrogens is 454 g/mol. The third kappa shape index (κ3) is 5.63. The molecule has 0 atom stereocenters. The van der Waals surface area contributed by atoms with Gasteiger partial charge in [-0.15, -0.1) is 0 Å². The van der Waals surface area contributed by atoms with Gasteiger partial charge < -0.3 is 14.2 Å². The van der Waals surface area contributed by atoms with Crippen molar-refractivity contribution in [3.8, 4) is 0 Å². The molecule has 9 nitrogen and oxygen atoms in total. The SMILES string of the molecule is CCn1c(=NC(=O)CS(=O)(=O)CC(=O)N2CCC(C)CC2)sc2cc(C(=O)OC)ccc21. The molecule has 1 aliphatic rings. The molecule has 0 radical (unpaired) electrons. The van der Waals surface area contributed by atoms with Crippen LogP contribution in [0.3, 0.4) is 0 Å². The number of sulfone groups is 1. The number of thiazole rings is 1. The van der Waals surface area contributed by atoms with Crippen LogP contribution in [0.1, 0.15) is 37.0 Å². The molecule has 0 N–H and O–H groups in total. The lowest BCUT2D eigenvalue weighted by Gasteiger charge is -2.30. The Morgan fingerprint density at radius 3 is 2.50 bits per heavy atom. The molecule has 32 heavy (non-hydrogen) atoms. The molecule has 1 aromatic heterocycles. The zero-order chi connectivity index (χ0) is 23.5. The first-order chi connectivity index (χ1) is 15.1. The highest BCUT2D eigenvalue weighted by Gasteiger charge is 2.26. The highest BCUT2D eigenvalue weighted by molar-refractivity contribution is 7.92. The Bertz CT molecular complexity index is 1200. The Kier molecular flexibility index (Phi) is 7.50. The number of carbonyl (C=O) groups excluding carboxylic acids is 3. The zero-order valence-electron chi connectivity index (χ0n) is 18.4. The Morgan fingerprint density at radius 1 is 1.19 bits per heavy atom. The van der Waals surface area contributed by atoms with Crippen molar-refractivity contribution < 1.29 is 27.5 Å². The average Bonchev–Trinajstić information content (AvgIpc) is 3.08. The second-order valence-electron chi connectivity index (χ2n) is 7.90. The fourth-order valence-corrected chi connectivity index (χ4v) is 5.88. The molecule has 2 amide bonds.